The van der Waals surface area contributed by atoms with Crippen molar-refractivity contribution in [1.29, 1.82) is 0 Å². The maximum atomic E-state index is 4.32. The molecule has 0 radical (unpaired) electrons. The second-order valence-corrected chi connectivity index (χ2v) is 9.35. The number of anilines is 1. The Bertz CT molecular complexity index is 1090. The molecule has 0 bridgehead atoms. The summed E-state index contributed by atoms with van der Waals surface area (Å²) in [5.74, 6) is 7.48. The first-order chi connectivity index (χ1) is 15.5. The molecule has 1 aliphatic rings. The van der Waals surface area contributed by atoms with Gasteiger partial charge in [-0.15, -0.1) is 0 Å². The number of hydrogen-bond acceptors (Lipinski definition) is 3. The van der Waals surface area contributed by atoms with Crippen LogP contribution in [0.4, 0.5) is 5.69 Å². The summed E-state index contributed by atoms with van der Waals surface area (Å²) in [6.07, 6.45) is 8.41. The molecule has 1 aliphatic carbocycles. The molecule has 1 aromatic carbocycles. The molecule has 0 unspecified atom stereocenters. The number of pyridine rings is 1. The maximum Gasteiger partial charge on any atom is 0.0931 e. The third-order valence-corrected chi connectivity index (χ3v) is 6.86. The van der Waals surface area contributed by atoms with E-state index in [9.17, 15) is 0 Å². The molecule has 0 saturated heterocycles. The van der Waals surface area contributed by atoms with Gasteiger partial charge in [0.05, 0.1) is 24.1 Å². The maximum absolute atomic E-state index is 4.32. The number of rotatable bonds is 6. The zero-order chi connectivity index (χ0) is 22.5. The number of fused-ring (bicyclic) bond motifs is 1. The van der Waals surface area contributed by atoms with Gasteiger partial charge in [0.2, 0.25) is 0 Å². The number of nitrogens with zero attached hydrogens (tertiary/aromatic N) is 3. The number of benzene rings is 1. The van der Waals surface area contributed by atoms with E-state index in [1.807, 2.05) is 25.3 Å². The van der Waals surface area contributed by atoms with Gasteiger partial charge < -0.3 is 14.8 Å². The van der Waals surface area contributed by atoms with E-state index in [0.717, 1.165) is 35.6 Å². The molecule has 3 aromatic rings. The largest absolute Gasteiger partial charge is 0.373 e. The molecule has 0 amide bonds. The number of hydrogen-bond donors (Lipinski definition) is 1. The third-order valence-electron chi connectivity index (χ3n) is 6.86. The van der Waals surface area contributed by atoms with Crippen LogP contribution in [0.3, 0.4) is 0 Å². The van der Waals surface area contributed by atoms with Crippen LogP contribution in [-0.2, 0) is 13.0 Å². The van der Waals surface area contributed by atoms with Crippen molar-refractivity contribution in [3.05, 3.63) is 59.5 Å². The van der Waals surface area contributed by atoms with Crippen LogP contribution < -0.4 is 5.32 Å². The summed E-state index contributed by atoms with van der Waals surface area (Å²) in [5, 5.41) is 4.64. The van der Waals surface area contributed by atoms with E-state index in [1.54, 1.807) is 0 Å². The fourth-order valence-corrected chi connectivity index (χ4v) is 4.94. The molecule has 1 saturated carbocycles. The highest BCUT2D eigenvalue weighted by atomic mass is 15.1. The van der Waals surface area contributed by atoms with Gasteiger partial charge in [0.15, 0.2) is 0 Å². The van der Waals surface area contributed by atoms with Gasteiger partial charge >= 0.3 is 0 Å². The van der Waals surface area contributed by atoms with Crippen LogP contribution in [-0.4, -0.2) is 41.1 Å². The van der Waals surface area contributed by atoms with Crippen molar-refractivity contribution in [3.8, 4) is 11.8 Å². The second kappa shape index (κ2) is 10.2. The lowest BCUT2D eigenvalue weighted by Crippen LogP contribution is -2.32. The summed E-state index contributed by atoms with van der Waals surface area (Å²) in [6.45, 7) is 5.72. The van der Waals surface area contributed by atoms with E-state index < -0.39 is 0 Å². The van der Waals surface area contributed by atoms with E-state index in [1.165, 1.54) is 48.6 Å². The van der Waals surface area contributed by atoms with Gasteiger partial charge in [-0.1, -0.05) is 12.0 Å². The Morgan fingerprint density at radius 3 is 2.59 bits per heavy atom. The first-order valence-electron chi connectivity index (χ1n) is 12.0. The van der Waals surface area contributed by atoms with Crippen molar-refractivity contribution in [2.45, 2.75) is 58.5 Å². The molecule has 168 valence electrons. The Morgan fingerprint density at radius 2 is 1.91 bits per heavy atom. The second-order valence-electron chi connectivity index (χ2n) is 9.35. The zero-order valence-corrected chi connectivity index (χ0v) is 20.0. The highest BCUT2D eigenvalue weighted by Gasteiger charge is 2.22. The number of aromatic nitrogens is 2. The topological polar surface area (TPSA) is 33.1 Å². The van der Waals surface area contributed by atoms with Gasteiger partial charge in [0, 0.05) is 29.2 Å². The molecule has 0 atom stereocenters. The molecule has 4 heteroatoms. The highest BCUT2D eigenvalue weighted by molar-refractivity contribution is 5.83. The van der Waals surface area contributed by atoms with Gasteiger partial charge in [0.25, 0.3) is 0 Å². The molecular weight excluding hydrogens is 392 g/mol. The summed E-state index contributed by atoms with van der Waals surface area (Å²) in [5.41, 5.74) is 5.87. The molecule has 32 heavy (non-hydrogen) atoms. The molecule has 0 spiro atoms. The van der Waals surface area contributed by atoms with Crippen molar-refractivity contribution >= 4 is 16.6 Å². The van der Waals surface area contributed by atoms with E-state index in [2.05, 4.69) is 76.9 Å². The van der Waals surface area contributed by atoms with Gasteiger partial charge in [-0.05, 0) is 108 Å². The smallest absolute Gasteiger partial charge is 0.0931 e. The van der Waals surface area contributed by atoms with Gasteiger partial charge in [0.1, 0.15) is 0 Å². The number of nitrogens with one attached hydrogen (secondary N) is 1. The van der Waals surface area contributed by atoms with Crippen LogP contribution >= 0.6 is 0 Å². The molecular formula is C28H36N4. The van der Waals surface area contributed by atoms with Gasteiger partial charge in [-0.3, -0.25) is 4.98 Å². The normalized spacial score (nSPS) is 18.5. The lowest BCUT2D eigenvalue weighted by molar-refractivity contribution is 0.193. The zero-order valence-electron chi connectivity index (χ0n) is 20.0. The van der Waals surface area contributed by atoms with Crippen molar-refractivity contribution in [2.24, 2.45) is 5.92 Å². The summed E-state index contributed by atoms with van der Waals surface area (Å²) < 4.78 is 2.32. The molecule has 1 N–H and O–H groups in total. The Kier molecular flexibility index (Phi) is 7.17. The predicted molar refractivity (Wildman–Crippen MR) is 135 cm³/mol. The summed E-state index contributed by atoms with van der Waals surface area (Å²) in [4.78, 5) is 6.71. The fraction of sp³-hybridized carbons (Fsp3) is 0.464. The summed E-state index contributed by atoms with van der Waals surface area (Å²) in [6, 6.07) is 14.1. The van der Waals surface area contributed by atoms with Crippen molar-refractivity contribution in [3.63, 3.8) is 0 Å². The summed E-state index contributed by atoms with van der Waals surface area (Å²) in [7, 11) is 4.43. The average molecular weight is 429 g/mol. The fourth-order valence-electron chi connectivity index (χ4n) is 4.94. The SMILES string of the molecule is CCn1c(C#CCNc2ccc(C)nc2)cc2cc(CC3CCC(N(C)C)CC3)ccc21. The van der Waals surface area contributed by atoms with E-state index in [-0.39, 0.29) is 0 Å². The third kappa shape index (κ3) is 5.34. The Labute approximate surface area is 193 Å². The van der Waals surface area contributed by atoms with Crippen LogP contribution in [0.1, 0.15) is 49.6 Å². The van der Waals surface area contributed by atoms with Crippen molar-refractivity contribution in [1.82, 2.24) is 14.5 Å². The molecule has 1 fully saturated rings. The van der Waals surface area contributed by atoms with Crippen molar-refractivity contribution < 1.29 is 0 Å². The first kappa shape index (κ1) is 22.4. The minimum atomic E-state index is 0.608. The average Bonchev–Trinajstić information content (AvgIpc) is 3.15. The Balaban J connectivity index is 1.43. The van der Waals surface area contributed by atoms with Crippen LogP contribution in [0, 0.1) is 24.7 Å². The van der Waals surface area contributed by atoms with Crippen LogP contribution in [0.25, 0.3) is 10.9 Å². The first-order valence-corrected chi connectivity index (χ1v) is 12.0. The van der Waals surface area contributed by atoms with Crippen LogP contribution in [0.2, 0.25) is 0 Å². The van der Waals surface area contributed by atoms with Gasteiger partial charge in [-0.25, -0.2) is 0 Å². The minimum Gasteiger partial charge on any atom is -0.373 e. The molecule has 2 aromatic heterocycles. The van der Waals surface area contributed by atoms with E-state index in [0.29, 0.717) is 6.54 Å². The standard InChI is InChI=1S/C28H36N4/c1-5-32-27(7-6-16-29-25-12-8-21(2)30-20-25)19-24-18-23(11-15-28(24)32)17-22-9-13-26(14-10-22)31(3)4/h8,11-12,15,18-20,22,26,29H,5,9-10,13-14,16-17H2,1-4H3. The Morgan fingerprint density at radius 1 is 1.09 bits per heavy atom. The number of aryl methyl sites for hydroxylation is 2. The van der Waals surface area contributed by atoms with E-state index >= 15 is 0 Å². The molecule has 0 aliphatic heterocycles. The van der Waals surface area contributed by atoms with Crippen LogP contribution in [0.15, 0.2) is 42.6 Å². The highest BCUT2D eigenvalue weighted by Crippen LogP contribution is 2.30. The van der Waals surface area contributed by atoms with E-state index in [4.69, 9.17) is 0 Å². The molecule has 4 nitrogen and oxygen atoms in total. The minimum absolute atomic E-state index is 0.608. The molecule has 4 rings (SSSR count). The monoisotopic (exact) mass is 428 g/mol. The lowest BCUT2D eigenvalue weighted by atomic mass is 9.82. The van der Waals surface area contributed by atoms with Crippen LogP contribution in [0.5, 0.6) is 0 Å². The lowest BCUT2D eigenvalue weighted by Gasteiger charge is -2.32. The molecule has 2 heterocycles. The summed E-state index contributed by atoms with van der Waals surface area (Å²) >= 11 is 0. The predicted octanol–water partition coefficient (Wildman–Crippen LogP) is 5.49. The Hall–Kier alpha value is -2.77. The quantitative estimate of drug-likeness (QED) is 0.527. The van der Waals surface area contributed by atoms with Gasteiger partial charge in [-0.2, -0.15) is 0 Å². The van der Waals surface area contributed by atoms with Crippen molar-refractivity contribution in [2.75, 3.05) is 26.0 Å².